The Bertz CT molecular complexity index is 637. The van der Waals surface area contributed by atoms with Crippen molar-refractivity contribution in [2.24, 2.45) is 13.0 Å². The van der Waals surface area contributed by atoms with E-state index in [1.807, 2.05) is 11.6 Å². The van der Waals surface area contributed by atoms with Crippen LogP contribution in [0.2, 0.25) is 0 Å². The molecule has 7 nitrogen and oxygen atoms in total. The van der Waals surface area contributed by atoms with Crippen molar-refractivity contribution >= 4 is 10.0 Å². The molecule has 0 bridgehead atoms. The minimum Gasteiger partial charge on any atom is -0.381 e. The van der Waals surface area contributed by atoms with E-state index < -0.39 is 10.0 Å². The van der Waals surface area contributed by atoms with Crippen LogP contribution in [0.4, 0.5) is 0 Å². The predicted octanol–water partition coefficient (Wildman–Crippen LogP) is 0.722. The molecule has 3 rings (SSSR count). The van der Waals surface area contributed by atoms with Gasteiger partial charge >= 0.3 is 0 Å². The van der Waals surface area contributed by atoms with E-state index in [0.717, 1.165) is 37.4 Å². The van der Waals surface area contributed by atoms with E-state index in [-0.39, 0.29) is 5.92 Å². The Kier molecular flexibility index (Phi) is 5.05. The molecule has 0 amide bonds. The van der Waals surface area contributed by atoms with Crippen molar-refractivity contribution in [3.05, 3.63) is 17.7 Å². The lowest BCUT2D eigenvalue weighted by atomic mass is 10.00. The van der Waals surface area contributed by atoms with Gasteiger partial charge in [-0.15, -0.1) is 0 Å². The van der Waals surface area contributed by atoms with Gasteiger partial charge in [-0.3, -0.25) is 0 Å². The molecule has 0 saturated carbocycles. The SMILES string of the molecule is Cn1cnc2c1C(COCC1CCOCC1)CN(S(C)(=O)=O)C2. The van der Waals surface area contributed by atoms with E-state index >= 15 is 0 Å². The zero-order chi connectivity index (χ0) is 16.4. The van der Waals surface area contributed by atoms with Crippen molar-refractivity contribution in [1.82, 2.24) is 13.9 Å². The van der Waals surface area contributed by atoms with Gasteiger partial charge in [0.25, 0.3) is 0 Å². The molecule has 0 N–H and O–H groups in total. The van der Waals surface area contributed by atoms with Crippen molar-refractivity contribution in [2.45, 2.75) is 25.3 Å². The number of hydrogen-bond donors (Lipinski definition) is 0. The molecule has 1 atom stereocenters. The van der Waals surface area contributed by atoms with Gasteiger partial charge in [-0.05, 0) is 18.8 Å². The molecule has 23 heavy (non-hydrogen) atoms. The van der Waals surface area contributed by atoms with Gasteiger partial charge in [-0.25, -0.2) is 13.4 Å². The summed E-state index contributed by atoms with van der Waals surface area (Å²) >= 11 is 0. The zero-order valence-electron chi connectivity index (χ0n) is 13.8. The Balaban J connectivity index is 1.65. The second kappa shape index (κ2) is 6.88. The third kappa shape index (κ3) is 3.93. The van der Waals surface area contributed by atoms with Gasteiger partial charge in [-0.2, -0.15) is 4.31 Å². The van der Waals surface area contributed by atoms with Crippen LogP contribution in [0.1, 0.15) is 30.1 Å². The second-order valence-corrected chi connectivity index (χ2v) is 8.52. The molecule has 1 aromatic heterocycles. The van der Waals surface area contributed by atoms with Crippen molar-refractivity contribution in [3.8, 4) is 0 Å². The monoisotopic (exact) mass is 343 g/mol. The van der Waals surface area contributed by atoms with Gasteiger partial charge in [0.15, 0.2) is 0 Å². The van der Waals surface area contributed by atoms with Gasteiger partial charge in [0.05, 0.1) is 31.4 Å². The maximum Gasteiger partial charge on any atom is 0.211 e. The molecule has 130 valence electrons. The summed E-state index contributed by atoms with van der Waals surface area (Å²) in [7, 11) is -1.27. The van der Waals surface area contributed by atoms with Crippen LogP contribution in [0.3, 0.4) is 0 Å². The summed E-state index contributed by atoms with van der Waals surface area (Å²) in [6.45, 7) is 3.67. The largest absolute Gasteiger partial charge is 0.381 e. The number of ether oxygens (including phenoxy) is 2. The number of sulfonamides is 1. The topological polar surface area (TPSA) is 73.7 Å². The number of aromatic nitrogens is 2. The molecule has 0 spiro atoms. The van der Waals surface area contributed by atoms with E-state index in [1.165, 1.54) is 10.6 Å². The van der Waals surface area contributed by atoms with Crippen LogP contribution < -0.4 is 0 Å². The summed E-state index contributed by atoms with van der Waals surface area (Å²) in [5, 5.41) is 0. The van der Waals surface area contributed by atoms with Crippen LogP contribution in [-0.2, 0) is 33.1 Å². The number of aryl methyl sites for hydroxylation is 1. The summed E-state index contributed by atoms with van der Waals surface area (Å²) in [6.07, 6.45) is 5.08. The van der Waals surface area contributed by atoms with Crippen LogP contribution in [-0.4, -0.2) is 61.5 Å². The lowest BCUT2D eigenvalue weighted by molar-refractivity contribution is 0.0150. The Morgan fingerprint density at radius 2 is 2.09 bits per heavy atom. The smallest absolute Gasteiger partial charge is 0.211 e. The summed E-state index contributed by atoms with van der Waals surface area (Å²) in [5.74, 6) is 0.574. The molecule has 1 saturated heterocycles. The fraction of sp³-hybridized carbons (Fsp3) is 0.800. The van der Waals surface area contributed by atoms with Crippen molar-refractivity contribution in [2.75, 3.05) is 39.2 Å². The third-order valence-electron chi connectivity index (χ3n) is 4.68. The van der Waals surface area contributed by atoms with Gasteiger partial charge in [-0.1, -0.05) is 0 Å². The molecule has 2 aliphatic rings. The number of fused-ring (bicyclic) bond motifs is 1. The normalized spacial score (nSPS) is 23.8. The number of hydrogen-bond acceptors (Lipinski definition) is 5. The highest BCUT2D eigenvalue weighted by atomic mass is 32.2. The number of rotatable bonds is 5. The molecule has 1 aromatic rings. The Morgan fingerprint density at radius 3 is 2.78 bits per heavy atom. The van der Waals surface area contributed by atoms with Crippen LogP contribution in [0.25, 0.3) is 0 Å². The standard InChI is InChI=1S/C15H25N3O4S/c1-17-11-16-14-8-18(23(2,19)20)7-13(15(14)17)10-22-9-12-3-5-21-6-4-12/h11-13H,3-10H2,1-2H3. The Hall–Kier alpha value is -0.960. The van der Waals surface area contributed by atoms with Crippen molar-refractivity contribution in [3.63, 3.8) is 0 Å². The Labute approximate surface area is 137 Å². The Morgan fingerprint density at radius 1 is 1.35 bits per heavy atom. The molecule has 0 aromatic carbocycles. The van der Waals surface area contributed by atoms with Gasteiger partial charge in [0, 0.05) is 45.0 Å². The van der Waals surface area contributed by atoms with E-state index in [2.05, 4.69) is 4.98 Å². The number of imidazole rings is 1. The van der Waals surface area contributed by atoms with Crippen LogP contribution in [0.5, 0.6) is 0 Å². The summed E-state index contributed by atoms with van der Waals surface area (Å²) < 4.78 is 38.6. The summed E-state index contributed by atoms with van der Waals surface area (Å²) in [5.41, 5.74) is 1.93. The van der Waals surface area contributed by atoms with E-state index in [1.54, 1.807) is 6.33 Å². The average molecular weight is 343 g/mol. The van der Waals surface area contributed by atoms with Gasteiger partial charge < -0.3 is 14.0 Å². The zero-order valence-corrected chi connectivity index (χ0v) is 14.6. The fourth-order valence-corrected chi connectivity index (χ4v) is 4.18. The van der Waals surface area contributed by atoms with Gasteiger partial charge in [0.1, 0.15) is 0 Å². The first-order chi connectivity index (χ1) is 10.9. The van der Waals surface area contributed by atoms with E-state index in [9.17, 15) is 8.42 Å². The van der Waals surface area contributed by atoms with Gasteiger partial charge in [0.2, 0.25) is 10.0 Å². The maximum absolute atomic E-state index is 11.9. The highest BCUT2D eigenvalue weighted by Gasteiger charge is 2.33. The minimum absolute atomic E-state index is 0.0285. The highest BCUT2D eigenvalue weighted by Crippen LogP contribution is 2.29. The molecule has 1 unspecified atom stereocenters. The minimum atomic E-state index is -3.23. The molecular weight excluding hydrogens is 318 g/mol. The number of nitrogens with zero attached hydrogens (tertiary/aromatic N) is 3. The lowest BCUT2D eigenvalue weighted by Gasteiger charge is -2.31. The second-order valence-electron chi connectivity index (χ2n) is 6.53. The molecule has 3 heterocycles. The lowest BCUT2D eigenvalue weighted by Crippen LogP contribution is -2.39. The molecule has 1 fully saturated rings. The first kappa shape index (κ1) is 16.9. The van der Waals surface area contributed by atoms with E-state index in [0.29, 0.717) is 32.2 Å². The maximum atomic E-state index is 11.9. The molecule has 2 aliphatic heterocycles. The first-order valence-electron chi connectivity index (χ1n) is 8.06. The predicted molar refractivity (Wildman–Crippen MR) is 85.6 cm³/mol. The van der Waals surface area contributed by atoms with Crippen LogP contribution in [0.15, 0.2) is 6.33 Å². The first-order valence-corrected chi connectivity index (χ1v) is 9.90. The molecule has 0 radical (unpaired) electrons. The molecule has 8 heteroatoms. The summed E-state index contributed by atoms with van der Waals surface area (Å²) in [4.78, 5) is 4.35. The van der Waals surface area contributed by atoms with Crippen molar-refractivity contribution in [1.29, 1.82) is 0 Å². The third-order valence-corrected chi connectivity index (χ3v) is 5.90. The quantitative estimate of drug-likeness (QED) is 0.788. The molecule has 0 aliphatic carbocycles. The van der Waals surface area contributed by atoms with E-state index in [4.69, 9.17) is 9.47 Å². The average Bonchev–Trinajstić information content (AvgIpc) is 2.89. The highest BCUT2D eigenvalue weighted by molar-refractivity contribution is 7.88. The van der Waals surface area contributed by atoms with Crippen LogP contribution in [0, 0.1) is 5.92 Å². The van der Waals surface area contributed by atoms with Crippen LogP contribution >= 0.6 is 0 Å². The fourth-order valence-electron chi connectivity index (χ4n) is 3.37. The van der Waals surface area contributed by atoms with Crippen molar-refractivity contribution < 1.29 is 17.9 Å². The summed E-state index contributed by atoms with van der Waals surface area (Å²) in [6, 6.07) is 0. The molecular formula is C15H25N3O4S.